The molecule has 0 radical (unpaired) electrons. The summed E-state index contributed by atoms with van der Waals surface area (Å²) in [6, 6.07) is 35.5. The minimum absolute atomic E-state index is 0.0243. The fourth-order valence-corrected chi connectivity index (χ4v) is 4.88. The zero-order valence-corrected chi connectivity index (χ0v) is 18.7. The molecule has 2 nitrogen and oxygen atoms in total. The Morgan fingerprint density at radius 3 is 1.91 bits per heavy atom. The number of hydrogen-bond acceptors (Lipinski definition) is 1. The summed E-state index contributed by atoms with van der Waals surface area (Å²) in [4.78, 5) is 15.6. The molecule has 0 fully saturated rings. The highest BCUT2D eigenvalue weighted by atomic mass is 16.2. The molecule has 0 atom stereocenters. The summed E-state index contributed by atoms with van der Waals surface area (Å²) in [6.07, 6.45) is 0. The van der Waals surface area contributed by atoms with Gasteiger partial charge in [0.05, 0.1) is 11.3 Å². The summed E-state index contributed by atoms with van der Waals surface area (Å²) < 4.78 is 0. The van der Waals surface area contributed by atoms with Crippen LogP contribution >= 0.6 is 0 Å². The third-order valence-corrected chi connectivity index (χ3v) is 6.53. The van der Waals surface area contributed by atoms with E-state index >= 15 is 0 Å². The first-order valence-corrected chi connectivity index (χ1v) is 11.2. The Balaban J connectivity index is 1.70. The number of carbonyl (C=O) groups is 1. The van der Waals surface area contributed by atoms with Gasteiger partial charge in [-0.3, -0.25) is 9.69 Å². The van der Waals surface area contributed by atoms with Gasteiger partial charge in [0.1, 0.15) is 0 Å². The number of benzene rings is 5. The van der Waals surface area contributed by atoms with Crippen LogP contribution in [0.4, 0.5) is 11.4 Å². The monoisotopic (exact) mass is 425 g/mol. The fraction of sp³-hybridized carbons (Fsp3) is 0.0645. The highest BCUT2D eigenvalue weighted by Crippen LogP contribution is 2.48. The van der Waals surface area contributed by atoms with Gasteiger partial charge in [-0.2, -0.15) is 0 Å². The van der Waals surface area contributed by atoms with Crippen molar-refractivity contribution in [3.63, 3.8) is 0 Å². The SMILES string of the molecule is Cc1ccc(-c2cc3c4c(cccc4c2-c2ccc(C)cc2)N(c2ccccc2)C3=O)cc1. The number of amides is 1. The number of aryl methyl sites for hydroxylation is 2. The summed E-state index contributed by atoms with van der Waals surface area (Å²) in [5.74, 6) is 0.0243. The molecule has 6 rings (SSSR count). The van der Waals surface area contributed by atoms with Gasteiger partial charge in [0.25, 0.3) is 5.91 Å². The van der Waals surface area contributed by atoms with Crippen LogP contribution in [0.15, 0.2) is 103 Å². The minimum atomic E-state index is 0.0243. The topological polar surface area (TPSA) is 20.3 Å². The van der Waals surface area contributed by atoms with Gasteiger partial charge in [-0.05, 0) is 65.8 Å². The van der Waals surface area contributed by atoms with Crippen LogP contribution in [-0.4, -0.2) is 5.91 Å². The van der Waals surface area contributed by atoms with Crippen molar-refractivity contribution in [3.8, 4) is 22.3 Å². The second-order valence-electron chi connectivity index (χ2n) is 8.75. The molecule has 1 aliphatic rings. The average molecular weight is 426 g/mol. The summed E-state index contributed by atoms with van der Waals surface area (Å²) >= 11 is 0. The quantitative estimate of drug-likeness (QED) is 0.286. The van der Waals surface area contributed by atoms with Crippen molar-refractivity contribution in [3.05, 3.63) is 120 Å². The molecule has 0 aromatic heterocycles. The van der Waals surface area contributed by atoms with Crippen molar-refractivity contribution < 1.29 is 4.79 Å². The first-order valence-electron chi connectivity index (χ1n) is 11.2. The van der Waals surface area contributed by atoms with Crippen molar-refractivity contribution >= 4 is 28.1 Å². The molecule has 0 N–H and O–H groups in total. The molecule has 0 spiro atoms. The summed E-state index contributed by atoms with van der Waals surface area (Å²) in [6.45, 7) is 4.20. The molecule has 1 amide bonds. The van der Waals surface area contributed by atoms with E-state index < -0.39 is 0 Å². The van der Waals surface area contributed by atoms with E-state index in [0.29, 0.717) is 0 Å². The van der Waals surface area contributed by atoms with Crippen LogP contribution < -0.4 is 4.90 Å². The number of para-hydroxylation sites is 1. The Morgan fingerprint density at radius 1 is 0.606 bits per heavy atom. The molecule has 0 unspecified atom stereocenters. The number of hydrogen-bond donors (Lipinski definition) is 0. The van der Waals surface area contributed by atoms with Crippen LogP contribution in [0.2, 0.25) is 0 Å². The Morgan fingerprint density at radius 2 is 1.24 bits per heavy atom. The average Bonchev–Trinajstić information content (AvgIpc) is 3.13. The molecule has 0 saturated carbocycles. The van der Waals surface area contributed by atoms with Crippen LogP contribution in [0.5, 0.6) is 0 Å². The molecule has 2 heteroatoms. The van der Waals surface area contributed by atoms with Crippen LogP contribution in [0.25, 0.3) is 33.0 Å². The molecule has 1 heterocycles. The highest BCUT2D eigenvalue weighted by molar-refractivity contribution is 6.30. The second kappa shape index (κ2) is 7.46. The van der Waals surface area contributed by atoms with Gasteiger partial charge in [-0.15, -0.1) is 0 Å². The zero-order chi connectivity index (χ0) is 22.5. The Hall–Kier alpha value is -4.17. The number of rotatable bonds is 3. The van der Waals surface area contributed by atoms with Gasteiger partial charge < -0.3 is 0 Å². The largest absolute Gasteiger partial charge is 0.276 e. The lowest BCUT2D eigenvalue weighted by Gasteiger charge is -2.17. The molecule has 5 aromatic carbocycles. The summed E-state index contributed by atoms with van der Waals surface area (Å²) in [5.41, 5.74) is 9.57. The standard InChI is InChI=1S/C31H23NO/c1-20-11-15-22(16-12-20)26-19-27-30-25(29(26)23-17-13-21(2)14-18-23)9-6-10-28(30)32(31(27)33)24-7-4-3-5-8-24/h3-19H,1-2H3. The van der Waals surface area contributed by atoms with Crippen LogP contribution in [0.1, 0.15) is 21.5 Å². The maximum Gasteiger partial charge on any atom is 0.263 e. The lowest BCUT2D eigenvalue weighted by Crippen LogP contribution is -2.20. The summed E-state index contributed by atoms with van der Waals surface area (Å²) in [7, 11) is 0. The van der Waals surface area contributed by atoms with E-state index in [2.05, 4.69) is 80.6 Å². The van der Waals surface area contributed by atoms with Crippen LogP contribution in [-0.2, 0) is 0 Å². The number of anilines is 2. The minimum Gasteiger partial charge on any atom is -0.276 e. The molecule has 158 valence electrons. The van der Waals surface area contributed by atoms with E-state index in [-0.39, 0.29) is 5.91 Å². The van der Waals surface area contributed by atoms with E-state index in [1.807, 2.05) is 41.3 Å². The first-order chi connectivity index (χ1) is 16.1. The van der Waals surface area contributed by atoms with Crippen molar-refractivity contribution in [2.24, 2.45) is 0 Å². The van der Waals surface area contributed by atoms with Gasteiger partial charge in [-0.25, -0.2) is 0 Å². The van der Waals surface area contributed by atoms with Crippen molar-refractivity contribution in [1.82, 2.24) is 0 Å². The lowest BCUT2D eigenvalue weighted by molar-refractivity contribution is 0.100. The molecule has 0 saturated heterocycles. The Kier molecular flexibility index (Phi) is 4.41. The van der Waals surface area contributed by atoms with Crippen molar-refractivity contribution in [2.45, 2.75) is 13.8 Å². The Bertz CT molecular complexity index is 1510. The van der Waals surface area contributed by atoms with E-state index in [4.69, 9.17) is 0 Å². The van der Waals surface area contributed by atoms with Crippen molar-refractivity contribution in [2.75, 3.05) is 4.90 Å². The predicted molar refractivity (Wildman–Crippen MR) is 137 cm³/mol. The first kappa shape index (κ1) is 19.5. The molecular formula is C31H23NO. The van der Waals surface area contributed by atoms with Crippen LogP contribution in [0.3, 0.4) is 0 Å². The molecule has 5 aromatic rings. The van der Waals surface area contributed by atoms with Gasteiger partial charge in [0.15, 0.2) is 0 Å². The highest BCUT2D eigenvalue weighted by Gasteiger charge is 2.33. The molecule has 1 aliphatic heterocycles. The molecular weight excluding hydrogens is 402 g/mol. The van der Waals surface area contributed by atoms with E-state index in [1.54, 1.807) is 0 Å². The van der Waals surface area contributed by atoms with E-state index in [1.165, 1.54) is 16.7 Å². The van der Waals surface area contributed by atoms with Crippen molar-refractivity contribution in [1.29, 1.82) is 0 Å². The van der Waals surface area contributed by atoms with Gasteiger partial charge in [0, 0.05) is 11.1 Å². The van der Waals surface area contributed by atoms with Gasteiger partial charge in [-0.1, -0.05) is 90.0 Å². The van der Waals surface area contributed by atoms with E-state index in [9.17, 15) is 4.79 Å². The number of carbonyl (C=O) groups excluding carboxylic acids is 1. The molecule has 0 aliphatic carbocycles. The normalized spacial score (nSPS) is 12.5. The smallest absolute Gasteiger partial charge is 0.263 e. The summed E-state index contributed by atoms with van der Waals surface area (Å²) in [5, 5.41) is 2.13. The number of nitrogens with zero attached hydrogens (tertiary/aromatic N) is 1. The second-order valence-corrected chi connectivity index (χ2v) is 8.75. The molecule has 0 bridgehead atoms. The fourth-order valence-electron chi connectivity index (χ4n) is 4.88. The molecule has 33 heavy (non-hydrogen) atoms. The lowest BCUT2D eigenvalue weighted by atomic mass is 9.87. The maximum absolute atomic E-state index is 13.7. The third kappa shape index (κ3) is 3.07. The van der Waals surface area contributed by atoms with Crippen LogP contribution in [0, 0.1) is 13.8 Å². The Labute approximate surface area is 193 Å². The maximum atomic E-state index is 13.7. The predicted octanol–water partition coefficient (Wildman–Crippen LogP) is 8.08. The van der Waals surface area contributed by atoms with E-state index in [0.717, 1.165) is 44.4 Å². The van der Waals surface area contributed by atoms with Gasteiger partial charge in [0.2, 0.25) is 0 Å². The zero-order valence-electron chi connectivity index (χ0n) is 18.7. The van der Waals surface area contributed by atoms with Gasteiger partial charge >= 0.3 is 0 Å². The third-order valence-electron chi connectivity index (χ3n) is 6.53.